The van der Waals surface area contributed by atoms with Crippen molar-refractivity contribution in [1.29, 1.82) is 0 Å². The molecule has 2 N–H and O–H groups in total. The molecule has 146 valence electrons. The van der Waals surface area contributed by atoms with Crippen LogP contribution in [0.3, 0.4) is 0 Å². The van der Waals surface area contributed by atoms with Gasteiger partial charge in [0.25, 0.3) is 0 Å². The fraction of sp³-hybridized carbons (Fsp3) is 0.348. The molecule has 1 aliphatic heterocycles. The second kappa shape index (κ2) is 7.58. The van der Waals surface area contributed by atoms with Crippen molar-refractivity contribution >= 4 is 16.9 Å². The van der Waals surface area contributed by atoms with Crippen molar-refractivity contribution in [2.45, 2.75) is 26.3 Å². The Balaban J connectivity index is 1.77. The van der Waals surface area contributed by atoms with Crippen LogP contribution in [0.4, 0.5) is 4.79 Å². The van der Waals surface area contributed by atoms with Gasteiger partial charge in [0.15, 0.2) is 0 Å². The van der Waals surface area contributed by atoms with Crippen LogP contribution in [0.25, 0.3) is 10.9 Å². The molecule has 1 aromatic heterocycles. The largest absolute Gasteiger partial charge is 0.497 e. The van der Waals surface area contributed by atoms with E-state index in [2.05, 4.69) is 42.3 Å². The van der Waals surface area contributed by atoms with E-state index >= 15 is 0 Å². The number of nitrogens with zero attached hydrogens (tertiary/aromatic N) is 1. The molecule has 2 heterocycles. The predicted molar refractivity (Wildman–Crippen MR) is 112 cm³/mol. The maximum atomic E-state index is 13.0. The Bertz CT molecular complexity index is 975. The van der Waals surface area contributed by atoms with Crippen LogP contribution in [0, 0.1) is 5.92 Å². The number of urea groups is 1. The third-order valence-electron chi connectivity index (χ3n) is 5.39. The molecule has 2 aromatic carbocycles. The fourth-order valence-corrected chi connectivity index (χ4v) is 3.99. The van der Waals surface area contributed by atoms with E-state index in [-0.39, 0.29) is 12.1 Å². The molecular formula is C23H27N3O2. The highest BCUT2D eigenvalue weighted by molar-refractivity contribution is 5.86. The minimum absolute atomic E-state index is 0.0150. The second-order valence-corrected chi connectivity index (χ2v) is 7.76. The molecule has 4 rings (SSSR count). The molecule has 0 saturated heterocycles. The lowest BCUT2D eigenvalue weighted by Gasteiger charge is -2.36. The van der Waals surface area contributed by atoms with Crippen LogP contribution in [0.5, 0.6) is 5.75 Å². The Labute approximate surface area is 165 Å². The van der Waals surface area contributed by atoms with Gasteiger partial charge in [0, 0.05) is 29.7 Å². The van der Waals surface area contributed by atoms with Crippen molar-refractivity contribution in [3.8, 4) is 5.75 Å². The van der Waals surface area contributed by atoms with E-state index in [1.165, 1.54) is 10.9 Å². The van der Waals surface area contributed by atoms with Crippen LogP contribution in [-0.2, 0) is 6.42 Å². The number of hydrogen-bond donors (Lipinski definition) is 2. The van der Waals surface area contributed by atoms with E-state index in [1.54, 1.807) is 7.11 Å². The number of amides is 2. The van der Waals surface area contributed by atoms with Gasteiger partial charge in [-0.05, 0) is 41.7 Å². The fourth-order valence-electron chi connectivity index (χ4n) is 3.99. The molecule has 5 nitrogen and oxygen atoms in total. The van der Waals surface area contributed by atoms with Crippen LogP contribution in [0.15, 0.2) is 48.5 Å². The molecule has 5 heteroatoms. The molecule has 0 radical (unpaired) electrons. The minimum Gasteiger partial charge on any atom is -0.497 e. The Morgan fingerprint density at radius 1 is 1.21 bits per heavy atom. The average Bonchev–Trinajstić information content (AvgIpc) is 3.10. The Hall–Kier alpha value is -2.95. The van der Waals surface area contributed by atoms with E-state index < -0.39 is 0 Å². The minimum atomic E-state index is -0.144. The molecule has 0 aliphatic carbocycles. The van der Waals surface area contributed by atoms with Crippen molar-refractivity contribution in [1.82, 2.24) is 15.2 Å². The van der Waals surface area contributed by atoms with Gasteiger partial charge in [0.05, 0.1) is 13.2 Å². The van der Waals surface area contributed by atoms with Crippen molar-refractivity contribution in [3.05, 3.63) is 65.4 Å². The van der Waals surface area contributed by atoms with Crippen LogP contribution in [-0.4, -0.2) is 36.1 Å². The zero-order valence-electron chi connectivity index (χ0n) is 16.7. The lowest BCUT2D eigenvalue weighted by Crippen LogP contribution is -2.46. The van der Waals surface area contributed by atoms with Gasteiger partial charge in [-0.15, -0.1) is 0 Å². The number of carbonyl (C=O) groups is 1. The number of carbonyl (C=O) groups excluding carboxylic acids is 1. The summed E-state index contributed by atoms with van der Waals surface area (Å²) in [5.41, 5.74) is 4.62. The normalized spacial score (nSPS) is 16.3. The number of hydrogen-bond acceptors (Lipinski definition) is 2. The Morgan fingerprint density at radius 3 is 2.68 bits per heavy atom. The number of nitrogens with one attached hydrogen (secondary N) is 2. The molecule has 0 saturated carbocycles. The lowest BCUT2D eigenvalue weighted by molar-refractivity contribution is 0.178. The number of aromatic nitrogens is 1. The third kappa shape index (κ3) is 3.33. The SMILES string of the molecule is COc1ccc([C@H]2c3[nH]c4ccccc4c3CCN2C(=O)NCC(C)C)cc1. The molecule has 1 aliphatic rings. The highest BCUT2D eigenvalue weighted by Crippen LogP contribution is 2.38. The molecule has 3 aromatic rings. The first-order chi connectivity index (χ1) is 13.6. The topological polar surface area (TPSA) is 57.4 Å². The molecule has 0 unspecified atom stereocenters. The van der Waals surface area contributed by atoms with Gasteiger partial charge in [-0.3, -0.25) is 0 Å². The van der Waals surface area contributed by atoms with Gasteiger partial charge in [-0.25, -0.2) is 4.79 Å². The summed E-state index contributed by atoms with van der Waals surface area (Å²) in [6.07, 6.45) is 0.848. The monoisotopic (exact) mass is 377 g/mol. The van der Waals surface area contributed by atoms with Gasteiger partial charge in [0.1, 0.15) is 5.75 Å². The summed E-state index contributed by atoms with van der Waals surface area (Å²) in [4.78, 5) is 18.5. The van der Waals surface area contributed by atoms with Gasteiger partial charge in [0.2, 0.25) is 0 Å². The molecule has 0 spiro atoms. The Kier molecular flexibility index (Phi) is 4.99. The lowest BCUT2D eigenvalue weighted by atomic mass is 9.92. The zero-order chi connectivity index (χ0) is 19.7. The number of fused-ring (bicyclic) bond motifs is 3. The van der Waals surface area contributed by atoms with Crippen LogP contribution >= 0.6 is 0 Å². The van der Waals surface area contributed by atoms with E-state index in [4.69, 9.17) is 4.74 Å². The number of methoxy groups -OCH3 is 1. The summed E-state index contributed by atoms with van der Waals surface area (Å²) in [7, 11) is 1.66. The molecule has 0 bridgehead atoms. The number of benzene rings is 2. The summed E-state index contributed by atoms with van der Waals surface area (Å²) in [5.74, 6) is 1.23. The van der Waals surface area contributed by atoms with E-state index in [0.717, 1.165) is 28.9 Å². The number of aromatic amines is 1. The molecular weight excluding hydrogens is 350 g/mol. The molecule has 0 fully saturated rings. The maximum absolute atomic E-state index is 13.0. The van der Waals surface area contributed by atoms with Crippen molar-refractivity contribution in [2.24, 2.45) is 5.92 Å². The van der Waals surface area contributed by atoms with Crippen molar-refractivity contribution in [3.63, 3.8) is 0 Å². The van der Waals surface area contributed by atoms with E-state index in [1.807, 2.05) is 35.2 Å². The predicted octanol–water partition coefficient (Wildman–Crippen LogP) is 4.49. The highest BCUT2D eigenvalue weighted by atomic mass is 16.5. The number of rotatable bonds is 4. The van der Waals surface area contributed by atoms with Gasteiger partial charge < -0.3 is 19.9 Å². The first-order valence-corrected chi connectivity index (χ1v) is 9.86. The first-order valence-electron chi connectivity index (χ1n) is 9.86. The summed E-state index contributed by atoms with van der Waals surface area (Å²) >= 11 is 0. The smallest absolute Gasteiger partial charge is 0.318 e. The highest BCUT2D eigenvalue weighted by Gasteiger charge is 2.34. The second-order valence-electron chi connectivity index (χ2n) is 7.76. The summed E-state index contributed by atoms with van der Waals surface area (Å²) < 4.78 is 5.31. The zero-order valence-corrected chi connectivity index (χ0v) is 16.7. The molecule has 2 amide bonds. The number of para-hydroxylation sites is 1. The average molecular weight is 377 g/mol. The van der Waals surface area contributed by atoms with Crippen molar-refractivity contribution < 1.29 is 9.53 Å². The third-order valence-corrected chi connectivity index (χ3v) is 5.39. The first kappa shape index (κ1) is 18.4. The quantitative estimate of drug-likeness (QED) is 0.704. The maximum Gasteiger partial charge on any atom is 0.318 e. The Morgan fingerprint density at radius 2 is 1.96 bits per heavy atom. The van der Waals surface area contributed by atoms with Gasteiger partial charge in [-0.1, -0.05) is 44.2 Å². The number of ether oxygens (including phenoxy) is 1. The van der Waals surface area contributed by atoms with E-state index in [9.17, 15) is 4.79 Å². The molecule has 28 heavy (non-hydrogen) atoms. The van der Waals surface area contributed by atoms with Crippen molar-refractivity contribution in [2.75, 3.05) is 20.2 Å². The van der Waals surface area contributed by atoms with Crippen LogP contribution < -0.4 is 10.1 Å². The van der Waals surface area contributed by atoms with E-state index in [0.29, 0.717) is 19.0 Å². The van der Waals surface area contributed by atoms with Crippen LogP contribution in [0.2, 0.25) is 0 Å². The summed E-state index contributed by atoms with van der Waals surface area (Å²) in [6, 6.07) is 16.2. The molecule has 1 atom stereocenters. The van der Waals surface area contributed by atoms with Gasteiger partial charge >= 0.3 is 6.03 Å². The standard InChI is InChI=1S/C23H27N3O2/c1-15(2)14-24-23(27)26-13-12-19-18-6-4-5-7-20(18)25-21(19)22(26)16-8-10-17(28-3)11-9-16/h4-11,15,22,25H,12-14H2,1-3H3,(H,24,27)/t22-/m0/s1. The number of H-pyrrole nitrogens is 1. The van der Waals surface area contributed by atoms with Gasteiger partial charge in [-0.2, -0.15) is 0 Å². The van der Waals surface area contributed by atoms with Crippen LogP contribution in [0.1, 0.15) is 36.7 Å². The summed E-state index contributed by atoms with van der Waals surface area (Å²) in [5, 5.41) is 4.34. The summed E-state index contributed by atoms with van der Waals surface area (Å²) in [6.45, 7) is 5.57.